The Bertz CT molecular complexity index is 516. The highest BCUT2D eigenvalue weighted by Crippen LogP contribution is 2.24. The van der Waals surface area contributed by atoms with Crippen molar-refractivity contribution in [2.75, 3.05) is 11.9 Å². The maximum Gasteiger partial charge on any atom is 0.492 e. The van der Waals surface area contributed by atoms with Gasteiger partial charge in [0, 0.05) is 12.2 Å². The first-order valence-electron chi connectivity index (χ1n) is 6.47. The monoisotopic (exact) mass is 278 g/mol. The minimum Gasteiger partial charge on any atom is -0.444 e. The van der Waals surface area contributed by atoms with E-state index in [2.05, 4.69) is 5.32 Å². The van der Waals surface area contributed by atoms with Crippen molar-refractivity contribution in [3.63, 3.8) is 0 Å². The van der Waals surface area contributed by atoms with Crippen molar-refractivity contribution in [3.05, 3.63) is 23.8 Å². The van der Waals surface area contributed by atoms with Gasteiger partial charge in [-0.25, -0.2) is 4.79 Å². The Morgan fingerprint density at radius 1 is 1.55 bits per heavy atom. The molecule has 7 heteroatoms. The van der Waals surface area contributed by atoms with Crippen LogP contribution in [0.2, 0.25) is 0 Å². The lowest BCUT2D eigenvalue weighted by molar-refractivity contribution is 0.0636. The Balaban J connectivity index is 2.12. The Kier molecular flexibility index (Phi) is 4.03. The molecule has 4 N–H and O–H groups in total. The molecule has 1 heterocycles. The molecule has 0 aromatic heterocycles. The van der Waals surface area contributed by atoms with Gasteiger partial charge in [-0.05, 0) is 43.9 Å². The molecule has 0 saturated heterocycles. The number of carbonyl (C=O) groups is 1. The summed E-state index contributed by atoms with van der Waals surface area (Å²) >= 11 is 0. The molecule has 1 unspecified atom stereocenters. The van der Waals surface area contributed by atoms with Crippen molar-refractivity contribution in [1.82, 2.24) is 0 Å². The third-order valence-corrected chi connectivity index (χ3v) is 2.85. The fourth-order valence-corrected chi connectivity index (χ4v) is 2.07. The van der Waals surface area contributed by atoms with E-state index < -0.39 is 18.8 Å². The average Bonchev–Trinajstić information content (AvgIpc) is 2.63. The van der Waals surface area contributed by atoms with Crippen LogP contribution in [0.25, 0.3) is 0 Å². The molecule has 108 valence electrons. The van der Waals surface area contributed by atoms with Gasteiger partial charge in [0.1, 0.15) is 5.60 Å². The molecule has 0 bridgehead atoms. The van der Waals surface area contributed by atoms with Crippen molar-refractivity contribution in [3.8, 4) is 0 Å². The first kappa shape index (κ1) is 14.8. The van der Waals surface area contributed by atoms with Gasteiger partial charge in [0.15, 0.2) is 0 Å². The van der Waals surface area contributed by atoms with E-state index in [0.29, 0.717) is 17.7 Å². The Labute approximate surface area is 118 Å². The lowest BCUT2D eigenvalue weighted by atomic mass is 9.79. The van der Waals surface area contributed by atoms with Crippen LogP contribution in [-0.4, -0.2) is 30.4 Å². The molecule has 1 aromatic rings. The standard InChI is InChI=1S/C13H19BN2O4/c1-13(2,3)19-12(17)16-8-4-5-9-10(6-8)14(18)20-11(9)7-15/h4-6,11,18H,7,15H2,1-3H3,(H,16,17). The number of carbonyl (C=O) groups excluding carboxylic acids is 1. The van der Waals surface area contributed by atoms with Crippen LogP contribution in [0.3, 0.4) is 0 Å². The normalized spacial score (nSPS) is 17.9. The van der Waals surface area contributed by atoms with Crippen LogP contribution in [0, 0.1) is 0 Å². The highest BCUT2D eigenvalue weighted by molar-refractivity contribution is 6.61. The van der Waals surface area contributed by atoms with Crippen molar-refractivity contribution in [2.45, 2.75) is 32.5 Å². The number of fused-ring (bicyclic) bond motifs is 1. The van der Waals surface area contributed by atoms with E-state index >= 15 is 0 Å². The lowest BCUT2D eigenvalue weighted by Gasteiger charge is -2.19. The summed E-state index contributed by atoms with van der Waals surface area (Å²) < 4.78 is 10.5. The summed E-state index contributed by atoms with van der Waals surface area (Å²) in [5.74, 6) is 0. The van der Waals surface area contributed by atoms with Crippen molar-refractivity contribution in [1.29, 1.82) is 0 Å². The van der Waals surface area contributed by atoms with E-state index in [0.717, 1.165) is 5.56 Å². The number of nitrogens with two attached hydrogens (primary N) is 1. The molecule has 6 nitrogen and oxygen atoms in total. The van der Waals surface area contributed by atoms with Gasteiger partial charge in [-0.3, -0.25) is 5.32 Å². The van der Waals surface area contributed by atoms with Crippen LogP contribution in [-0.2, 0) is 9.39 Å². The van der Waals surface area contributed by atoms with E-state index in [9.17, 15) is 9.82 Å². The molecule has 1 amide bonds. The topological polar surface area (TPSA) is 93.8 Å². The van der Waals surface area contributed by atoms with Gasteiger partial charge >= 0.3 is 13.2 Å². The van der Waals surface area contributed by atoms with Crippen molar-refractivity contribution < 1.29 is 19.2 Å². The summed E-state index contributed by atoms with van der Waals surface area (Å²) in [6.07, 6.45) is -0.850. The molecule has 0 aliphatic carbocycles. The van der Waals surface area contributed by atoms with E-state index in [1.54, 1.807) is 39.0 Å². The molecule has 1 atom stereocenters. The number of benzene rings is 1. The minimum atomic E-state index is -1.01. The Hall–Kier alpha value is -1.57. The number of amides is 1. The molecule has 2 rings (SSSR count). The van der Waals surface area contributed by atoms with Crippen LogP contribution in [0.15, 0.2) is 18.2 Å². The molecule has 1 aromatic carbocycles. The number of nitrogens with one attached hydrogen (secondary N) is 1. The number of hydrogen-bond acceptors (Lipinski definition) is 5. The van der Waals surface area contributed by atoms with Gasteiger partial charge in [-0.1, -0.05) is 6.07 Å². The molecule has 1 aliphatic heterocycles. The lowest BCUT2D eigenvalue weighted by Crippen LogP contribution is -2.30. The van der Waals surface area contributed by atoms with Crippen LogP contribution < -0.4 is 16.5 Å². The third-order valence-electron chi connectivity index (χ3n) is 2.85. The molecular weight excluding hydrogens is 259 g/mol. The van der Waals surface area contributed by atoms with Gasteiger partial charge in [0.2, 0.25) is 0 Å². The summed E-state index contributed by atoms with van der Waals surface area (Å²) in [4.78, 5) is 11.7. The zero-order valence-electron chi connectivity index (χ0n) is 11.8. The second-order valence-corrected chi connectivity index (χ2v) is 5.68. The number of hydrogen-bond donors (Lipinski definition) is 3. The van der Waals surface area contributed by atoms with Crippen molar-refractivity contribution in [2.24, 2.45) is 5.73 Å². The molecular formula is C13H19BN2O4. The number of ether oxygens (including phenoxy) is 1. The highest BCUT2D eigenvalue weighted by atomic mass is 16.6. The molecule has 1 aliphatic rings. The maximum atomic E-state index is 11.7. The van der Waals surface area contributed by atoms with Gasteiger partial charge in [0.25, 0.3) is 0 Å². The second kappa shape index (κ2) is 5.44. The summed E-state index contributed by atoms with van der Waals surface area (Å²) in [5.41, 5.74) is 7.01. The third kappa shape index (κ3) is 3.30. The van der Waals surface area contributed by atoms with Gasteiger partial charge in [0.05, 0.1) is 6.10 Å². The zero-order chi connectivity index (χ0) is 14.9. The molecule has 0 spiro atoms. The van der Waals surface area contributed by atoms with E-state index in [-0.39, 0.29) is 6.10 Å². The SMILES string of the molecule is CC(C)(C)OC(=O)Nc1ccc2c(c1)B(O)OC2CN. The Morgan fingerprint density at radius 2 is 2.25 bits per heavy atom. The van der Waals surface area contributed by atoms with Gasteiger partial charge in [-0.2, -0.15) is 0 Å². The highest BCUT2D eigenvalue weighted by Gasteiger charge is 2.34. The molecule has 0 fully saturated rings. The largest absolute Gasteiger partial charge is 0.492 e. The minimum absolute atomic E-state index is 0.295. The maximum absolute atomic E-state index is 11.7. The number of anilines is 1. The van der Waals surface area contributed by atoms with Gasteiger partial charge < -0.3 is 20.1 Å². The summed E-state index contributed by atoms with van der Waals surface area (Å²) in [6, 6.07) is 5.18. The summed E-state index contributed by atoms with van der Waals surface area (Å²) in [7, 11) is -1.01. The molecule has 20 heavy (non-hydrogen) atoms. The first-order valence-corrected chi connectivity index (χ1v) is 6.47. The summed E-state index contributed by atoms with van der Waals surface area (Å²) in [5, 5.41) is 12.4. The Morgan fingerprint density at radius 3 is 2.85 bits per heavy atom. The first-order chi connectivity index (χ1) is 9.30. The predicted molar refractivity (Wildman–Crippen MR) is 76.8 cm³/mol. The second-order valence-electron chi connectivity index (χ2n) is 5.68. The van der Waals surface area contributed by atoms with E-state index in [1.165, 1.54) is 0 Å². The quantitative estimate of drug-likeness (QED) is 0.694. The fourth-order valence-electron chi connectivity index (χ4n) is 2.07. The van der Waals surface area contributed by atoms with E-state index in [1.807, 2.05) is 0 Å². The smallest absolute Gasteiger partial charge is 0.444 e. The van der Waals surface area contributed by atoms with Crippen LogP contribution in [0.1, 0.15) is 32.4 Å². The van der Waals surface area contributed by atoms with Crippen molar-refractivity contribution >= 4 is 24.4 Å². The van der Waals surface area contributed by atoms with Crippen LogP contribution in [0.5, 0.6) is 0 Å². The zero-order valence-corrected chi connectivity index (χ0v) is 11.8. The van der Waals surface area contributed by atoms with E-state index in [4.69, 9.17) is 15.1 Å². The van der Waals surface area contributed by atoms with Gasteiger partial charge in [-0.15, -0.1) is 0 Å². The molecule has 0 saturated carbocycles. The van der Waals surface area contributed by atoms with Crippen LogP contribution in [0.4, 0.5) is 10.5 Å². The van der Waals surface area contributed by atoms with Crippen LogP contribution >= 0.6 is 0 Å². The number of rotatable bonds is 2. The molecule has 0 radical (unpaired) electrons. The predicted octanol–water partition coefficient (Wildman–Crippen LogP) is 0.751. The summed E-state index contributed by atoms with van der Waals surface area (Å²) in [6.45, 7) is 5.67. The fraction of sp³-hybridized carbons (Fsp3) is 0.462. The average molecular weight is 278 g/mol.